The van der Waals surface area contributed by atoms with E-state index in [0.29, 0.717) is 32.5 Å². The van der Waals surface area contributed by atoms with Crippen molar-refractivity contribution < 1.29 is 14.7 Å². The van der Waals surface area contributed by atoms with Crippen LogP contribution in [0.1, 0.15) is 23.3 Å². The van der Waals surface area contributed by atoms with E-state index in [1.165, 1.54) is 9.58 Å². The summed E-state index contributed by atoms with van der Waals surface area (Å²) in [6.45, 7) is 1.71. The number of carbonyl (C=O) groups is 2. The molecule has 1 aromatic rings. The highest BCUT2D eigenvalue weighted by Gasteiger charge is 2.29. The van der Waals surface area contributed by atoms with Gasteiger partial charge in [-0.1, -0.05) is 5.21 Å². The predicted molar refractivity (Wildman–Crippen MR) is 65.3 cm³/mol. The summed E-state index contributed by atoms with van der Waals surface area (Å²) in [6, 6.07) is 0. The molecule has 0 aliphatic carbocycles. The normalized spacial score (nSPS) is 19.4. The van der Waals surface area contributed by atoms with Gasteiger partial charge in [0.05, 0.1) is 18.7 Å². The summed E-state index contributed by atoms with van der Waals surface area (Å²) in [4.78, 5) is 24.7. The van der Waals surface area contributed by atoms with Crippen molar-refractivity contribution in [2.24, 2.45) is 11.7 Å². The zero-order chi connectivity index (χ0) is 13.8. The Kier molecular flexibility index (Phi) is 4.10. The fourth-order valence-corrected chi connectivity index (χ4v) is 2.16. The molecule has 1 saturated heterocycles. The first-order valence-electron chi connectivity index (χ1n) is 6.24. The number of likely N-dealkylation sites (tertiary alicyclic amines) is 1. The Hall–Kier alpha value is -1.96. The molecule has 2 rings (SSSR count). The van der Waals surface area contributed by atoms with Crippen molar-refractivity contribution in [3.05, 3.63) is 11.9 Å². The molecule has 8 nitrogen and oxygen atoms in total. The van der Waals surface area contributed by atoms with Crippen molar-refractivity contribution in [2.75, 3.05) is 19.6 Å². The molecule has 8 heteroatoms. The minimum Gasteiger partial charge on any atom is -0.481 e. The number of aromatic nitrogens is 3. The van der Waals surface area contributed by atoms with Gasteiger partial charge in [0, 0.05) is 19.6 Å². The fraction of sp³-hybridized carbons (Fsp3) is 0.636. The molecular formula is C11H17N5O3. The van der Waals surface area contributed by atoms with Crippen LogP contribution in [0.5, 0.6) is 0 Å². The molecule has 1 amide bonds. The third-order valence-electron chi connectivity index (χ3n) is 3.17. The molecule has 0 bridgehead atoms. The van der Waals surface area contributed by atoms with Crippen LogP contribution >= 0.6 is 0 Å². The van der Waals surface area contributed by atoms with Crippen LogP contribution in [0.3, 0.4) is 0 Å². The number of carbonyl (C=O) groups excluding carboxylic acids is 1. The standard InChI is InChI=1S/C11H17N5O3/c12-3-5-16-7-9(13-14-16)10(17)15-4-1-2-8(6-15)11(18)19/h7-8H,1-6,12H2,(H,18,19)/t8-/m0/s1. The van der Waals surface area contributed by atoms with Gasteiger partial charge >= 0.3 is 5.97 Å². The quantitative estimate of drug-likeness (QED) is 0.736. The molecule has 104 valence electrons. The van der Waals surface area contributed by atoms with E-state index < -0.39 is 11.9 Å². The molecule has 19 heavy (non-hydrogen) atoms. The van der Waals surface area contributed by atoms with Gasteiger partial charge in [0.1, 0.15) is 0 Å². The molecule has 1 aromatic heterocycles. The lowest BCUT2D eigenvalue weighted by atomic mass is 9.98. The van der Waals surface area contributed by atoms with E-state index in [4.69, 9.17) is 10.8 Å². The Bertz CT molecular complexity index is 473. The summed E-state index contributed by atoms with van der Waals surface area (Å²) >= 11 is 0. The highest BCUT2D eigenvalue weighted by molar-refractivity contribution is 5.92. The lowest BCUT2D eigenvalue weighted by molar-refractivity contribution is -0.143. The number of piperidine rings is 1. The molecule has 2 heterocycles. The molecule has 1 atom stereocenters. The molecule has 1 fully saturated rings. The minimum absolute atomic E-state index is 0.234. The number of nitrogens with zero attached hydrogens (tertiary/aromatic N) is 4. The average molecular weight is 267 g/mol. The smallest absolute Gasteiger partial charge is 0.308 e. The maximum absolute atomic E-state index is 12.2. The van der Waals surface area contributed by atoms with Crippen LogP contribution < -0.4 is 5.73 Å². The number of aliphatic carboxylic acids is 1. The largest absolute Gasteiger partial charge is 0.481 e. The maximum Gasteiger partial charge on any atom is 0.308 e. The van der Waals surface area contributed by atoms with Crippen molar-refractivity contribution in [1.82, 2.24) is 19.9 Å². The Morgan fingerprint density at radius 2 is 2.32 bits per heavy atom. The van der Waals surface area contributed by atoms with E-state index in [2.05, 4.69) is 10.3 Å². The molecule has 3 N–H and O–H groups in total. The topological polar surface area (TPSA) is 114 Å². The number of hydrogen-bond acceptors (Lipinski definition) is 5. The molecule has 0 saturated carbocycles. The molecular weight excluding hydrogens is 250 g/mol. The number of hydrogen-bond donors (Lipinski definition) is 2. The summed E-state index contributed by atoms with van der Waals surface area (Å²) in [5.74, 6) is -1.62. The van der Waals surface area contributed by atoms with Gasteiger partial charge in [-0.3, -0.25) is 14.3 Å². The number of nitrogens with two attached hydrogens (primary N) is 1. The zero-order valence-corrected chi connectivity index (χ0v) is 10.5. The van der Waals surface area contributed by atoms with Crippen molar-refractivity contribution in [3.8, 4) is 0 Å². The van der Waals surface area contributed by atoms with E-state index in [9.17, 15) is 9.59 Å². The van der Waals surface area contributed by atoms with Gasteiger partial charge < -0.3 is 15.7 Å². The van der Waals surface area contributed by atoms with Crippen molar-refractivity contribution in [1.29, 1.82) is 0 Å². The van der Waals surface area contributed by atoms with Crippen LogP contribution in [0.4, 0.5) is 0 Å². The summed E-state index contributed by atoms with van der Waals surface area (Å²) in [5.41, 5.74) is 5.63. The van der Waals surface area contributed by atoms with Gasteiger partial charge in [0.2, 0.25) is 0 Å². The zero-order valence-electron chi connectivity index (χ0n) is 10.5. The van der Waals surface area contributed by atoms with Crippen LogP contribution in [0.2, 0.25) is 0 Å². The first kappa shape index (κ1) is 13.5. The Morgan fingerprint density at radius 1 is 1.53 bits per heavy atom. The fourth-order valence-electron chi connectivity index (χ4n) is 2.16. The first-order valence-corrected chi connectivity index (χ1v) is 6.24. The Morgan fingerprint density at radius 3 is 3.00 bits per heavy atom. The lowest BCUT2D eigenvalue weighted by Gasteiger charge is -2.29. The third-order valence-corrected chi connectivity index (χ3v) is 3.17. The monoisotopic (exact) mass is 267 g/mol. The Labute approximate surface area is 110 Å². The maximum atomic E-state index is 12.2. The SMILES string of the molecule is NCCn1cc(C(=O)N2CCC[C@H](C(=O)O)C2)nn1. The average Bonchev–Trinajstić information content (AvgIpc) is 2.87. The van der Waals surface area contributed by atoms with Gasteiger partial charge in [-0.2, -0.15) is 0 Å². The molecule has 1 aliphatic rings. The highest BCUT2D eigenvalue weighted by Crippen LogP contribution is 2.18. The first-order chi connectivity index (χ1) is 9.11. The van der Waals surface area contributed by atoms with Crippen LogP contribution in [0.15, 0.2) is 6.20 Å². The minimum atomic E-state index is -0.857. The number of carboxylic acids is 1. The van der Waals surface area contributed by atoms with Gasteiger partial charge in [0.15, 0.2) is 5.69 Å². The molecule has 0 radical (unpaired) electrons. The van der Waals surface area contributed by atoms with Crippen LogP contribution in [-0.4, -0.2) is 56.5 Å². The van der Waals surface area contributed by atoms with Crippen molar-refractivity contribution >= 4 is 11.9 Å². The van der Waals surface area contributed by atoms with Crippen LogP contribution in [-0.2, 0) is 11.3 Å². The van der Waals surface area contributed by atoms with E-state index in [1.807, 2.05) is 0 Å². The van der Waals surface area contributed by atoms with Gasteiger partial charge in [-0.25, -0.2) is 0 Å². The number of rotatable bonds is 4. The van der Waals surface area contributed by atoms with E-state index in [0.717, 1.165) is 0 Å². The Balaban J connectivity index is 2.03. The molecule has 1 aliphatic heterocycles. The molecule has 0 unspecified atom stereocenters. The summed E-state index contributed by atoms with van der Waals surface area (Å²) in [6.07, 6.45) is 2.85. The van der Waals surface area contributed by atoms with Crippen molar-refractivity contribution in [2.45, 2.75) is 19.4 Å². The second-order valence-electron chi connectivity index (χ2n) is 4.58. The summed E-state index contributed by atoms with van der Waals surface area (Å²) < 4.78 is 1.51. The van der Waals surface area contributed by atoms with Gasteiger partial charge in [0.25, 0.3) is 5.91 Å². The van der Waals surface area contributed by atoms with Gasteiger partial charge in [-0.15, -0.1) is 5.10 Å². The summed E-state index contributed by atoms with van der Waals surface area (Å²) in [7, 11) is 0. The molecule has 0 aromatic carbocycles. The second-order valence-corrected chi connectivity index (χ2v) is 4.58. The van der Waals surface area contributed by atoms with Crippen molar-refractivity contribution in [3.63, 3.8) is 0 Å². The second kappa shape index (κ2) is 5.79. The predicted octanol–water partition coefficient (Wildman–Crippen LogP) is -0.826. The summed E-state index contributed by atoms with van der Waals surface area (Å²) in [5, 5.41) is 16.6. The number of amides is 1. The van der Waals surface area contributed by atoms with Crippen LogP contribution in [0, 0.1) is 5.92 Å². The van der Waals surface area contributed by atoms with E-state index >= 15 is 0 Å². The molecule has 0 spiro atoms. The van der Waals surface area contributed by atoms with E-state index in [-0.39, 0.29) is 18.1 Å². The van der Waals surface area contributed by atoms with Crippen LogP contribution in [0.25, 0.3) is 0 Å². The van der Waals surface area contributed by atoms with E-state index in [1.54, 1.807) is 6.20 Å². The third kappa shape index (κ3) is 3.08. The highest BCUT2D eigenvalue weighted by atomic mass is 16.4. The number of carboxylic acid groups (broad SMARTS) is 1. The lowest BCUT2D eigenvalue weighted by Crippen LogP contribution is -2.42. The van der Waals surface area contributed by atoms with Gasteiger partial charge in [-0.05, 0) is 12.8 Å².